The van der Waals surface area contributed by atoms with Gasteiger partial charge in [0.2, 0.25) is 17.7 Å². The molecule has 3 aromatic rings. The van der Waals surface area contributed by atoms with Crippen molar-refractivity contribution < 1.29 is 14.4 Å². The number of nitrogens with zero attached hydrogens (tertiary/aromatic N) is 2. The molecule has 0 spiro atoms. The monoisotopic (exact) mass is 531 g/mol. The second-order valence-electron chi connectivity index (χ2n) is 10.1. The average Bonchev–Trinajstić information content (AvgIpc) is 3.38. The Morgan fingerprint density at radius 2 is 1.72 bits per heavy atom. The van der Waals surface area contributed by atoms with E-state index < -0.39 is 17.5 Å². The van der Waals surface area contributed by atoms with Crippen LogP contribution in [0.4, 0.5) is 5.69 Å². The smallest absolute Gasteiger partial charge is 0.250 e. The van der Waals surface area contributed by atoms with Crippen molar-refractivity contribution in [3.63, 3.8) is 0 Å². The lowest BCUT2D eigenvalue weighted by Crippen LogP contribution is -2.59. The van der Waals surface area contributed by atoms with Crippen LogP contribution in [0.1, 0.15) is 37.2 Å². The van der Waals surface area contributed by atoms with Crippen LogP contribution in [0.3, 0.4) is 0 Å². The number of carbonyl (C=O) groups excluding carboxylic acids is 3. The lowest BCUT2D eigenvalue weighted by molar-refractivity contribution is -0.135. The first-order valence-electron chi connectivity index (χ1n) is 13.3. The Kier molecular flexibility index (Phi) is 9.23. The molecular formula is C29H37N7O3. The molecule has 8 N–H and O–H groups in total. The molecule has 0 bridgehead atoms. The first-order valence-corrected chi connectivity index (χ1v) is 13.3. The van der Waals surface area contributed by atoms with Crippen LogP contribution < -0.4 is 27.8 Å². The molecule has 4 rings (SSSR count). The number of hydrogen-bond donors (Lipinski definition) is 5. The SMILES string of the molecule is NCCN(CCN)C(=O)C[C@H](N)C(=O)NC1(C(=O)Nc2cnc3ccccc3c2)CCC(c2ccccc2)C1. The fourth-order valence-corrected chi connectivity index (χ4v) is 5.23. The molecule has 1 aliphatic carbocycles. The number of nitrogens with one attached hydrogen (secondary N) is 2. The van der Waals surface area contributed by atoms with E-state index in [1.165, 1.54) is 4.90 Å². The molecule has 1 saturated carbocycles. The quantitative estimate of drug-likeness (QED) is 0.249. The van der Waals surface area contributed by atoms with Crippen LogP contribution in [-0.4, -0.2) is 65.4 Å². The molecule has 3 atom stereocenters. The first kappa shape index (κ1) is 28.2. The third-order valence-electron chi connectivity index (χ3n) is 7.31. The molecule has 2 aromatic carbocycles. The molecular weight excluding hydrogens is 494 g/mol. The second kappa shape index (κ2) is 12.8. The van der Waals surface area contributed by atoms with Crippen LogP contribution in [0.5, 0.6) is 0 Å². The molecule has 1 fully saturated rings. The zero-order valence-electron chi connectivity index (χ0n) is 22.0. The number of hydrogen-bond acceptors (Lipinski definition) is 7. The van der Waals surface area contributed by atoms with E-state index in [9.17, 15) is 14.4 Å². The number of fused-ring (bicyclic) bond motifs is 1. The largest absolute Gasteiger partial charge is 0.340 e. The Labute approximate surface area is 228 Å². The van der Waals surface area contributed by atoms with Crippen LogP contribution in [0.2, 0.25) is 0 Å². The topological polar surface area (TPSA) is 169 Å². The zero-order chi connectivity index (χ0) is 27.8. The van der Waals surface area contributed by atoms with Gasteiger partial charge in [-0.3, -0.25) is 19.4 Å². The lowest BCUT2D eigenvalue weighted by atomic mass is 9.91. The fraction of sp³-hybridized carbons (Fsp3) is 0.379. The summed E-state index contributed by atoms with van der Waals surface area (Å²) in [5.41, 5.74) is 18.7. The number of aromatic nitrogens is 1. The molecule has 0 aliphatic heterocycles. The Morgan fingerprint density at radius 1 is 1.03 bits per heavy atom. The summed E-state index contributed by atoms with van der Waals surface area (Å²) in [6.45, 7) is 1.21. The van der Waals surface area contributed by atoms with Crippen LogP contribution in [0, 0.1) is 0 Å². The Bertz CT molecular complexity index is 1300. The number of benzene rings is 2. The summed E-state index contributed by atoms with van der Waals surface area (Å²) in [5.74, 6) is -1.11. The molecule has 3 amide bonds. The summed E-state index contributed by atoms with van der Waals surface area (Å²) in [5, 5.41) is 6.80. The average molecular weight is 532 g/mol. The number of amides is 3. The lowest BCUT2D eigenvalue weighted by Gasteiger charge is -2.31. The van der Waals surface area contributed by atoms with Gasteiger partial charge in [-0.25, -0.2) is 0 Å². The molecule has 1 heterocycles. The summed E-state index contributed by atoms with van der Waals surface area (Å²) >= 11 is 0. The zero-order valence-corrected chi connectivity index (χ0v) is 22.0. The number of anilines is 1. The Hall–Kier alpha value is -3.86. The van der Waals surface area contributed by atoms with Crippen molar-refractivity contribution in [2.24, 2.45) is 17.2 Å². The maximum atomic E-state index is 13.8. The maximum absolute atomic E-state index is 13.8. The summed E-state index contributed by atoms with van der Waals surface area (Å²) in [7, 11) is 0. The van der Waals surface area contributed by atoms with Crippen molar-refractivity contribution >= 4 is 34.3 Å². The van der Waals surface area contributed by atoms with E-state index in [0.717, 1.165) is 16.5 Å². The predicted octanol–water partition coefficient (Wildman–Crippen LogP) is 1.46. The van der Waals surface area contributed by atoms with E-state index in [1.54, 1.807) is 6.20 Å². The molecule has 0 radical (unpaired) electrons. The van der Waals surface area contributed by atoms with Gasteiger partial charge in [-0.1, -0.05) is 48.5 Å². The highest BCUT2D eigenvalue weighted by Gasteiger charge is 2.47. The van der Waals surface area contributed by atoms with Gasteiger partial charge in [-0.05, 0) is 42.9 Å². The van der Waals surface area contributed by atoms with E-state index in [2.05, 4.69) is 15.6 Å². The van der Waals surface area contributed by atoms with Crippen molar-refractivity contribution in [3.05, 3.63) is 72.4 Å². The third kappa shape index (κ3) is 6.78. The van der Waals surface area contributed by atoms with Gasteiger partial charge < -0.3 is 32.7 Å². The van der Waals surface area contributed by atoms with E-state index in [1.807, 2.05) is 60.7 Å². The van der Waals surface area contributed by atoms with Crippen LogP contribution in [0.25, 0.3) is 10.9 Å². The Balaban J connectivity index is 1.53. The minimum absolute atomic E-state index is 0.0782. The molecule has 1 aromatic heterocycles. The highest BCUT2D eigenvalue weighted by atomic mass is 16.2. The standard InChI is InChI=1S/C29H37N7O3/c30-12-14-36(15-13-31)26(37)17-24(32)27(38)35-29(11-10-22(18-29)20-6-2-1-3-7-20)28(39)34-23-16-21-8-4-5-9-25(21)33-19-23/h1-9,16,19,22,24H,10-15,17-18,30-32H2,(H,34,39)(H,35,38)/t22?,24-,29?/m0/s1. The number of rotatable bonds is 11. The number of nitrogens with two attached hydrogens (primary N) is 3. The van der Waals surface area contributed by atoms with Crippen LogP contribution in [-0.2, 0) is 14.4 Å². The molecule has 0 saturated heterocycles. The van der Waals surface area contributed by atoms with Crippen LogP contribution in [0.15, 0.2) is 66.9 Å². The summed E-state index contributed by atoms with van der Waals surface area (Å²) in [6.07, 6.45) is 2.94. The van der Waals surface area contributed by atoms with Gasteiger partial charge in [-0.2, -0.15) is 0 Å². The van der Waals surface area contributed by atoms with Gasteiger partial charge in [0.25, 0.3) is 0 Å². The maximum Gasteiger partial charge on any atom is 0.250 e. The fourth-order valence-electron chi connectivity index (χ4n) is 5.23. The summed E-state index contributed by atoms with van der Waals surface area (Å²) in [4.78, 5) is 45.8. The third-order valence-corrected chi connectivity index (χ3v) is 7.31. The number of carbonyl (C=O) groups is 3. The van der Waals surface area contributed by atoms with E-state index in [-0.39, 0.29) is 37.2 Å². The van der Waals surface area contributed by atoms with E-state index in [4.69, 9.17) is 17.2 Å². The van der Waals surface area contributed by atoms with Gasteiger partial charge in [0.1, 0.15) is 5.54 Å². The van der Waals surface area contributed by atoms with Crippen molar-refractivity contribution in [2.45, 2.75) is 43.2 Å². The molecule has 10 heteroatoms. The molecule has 206 valence electrons. The number of para-hydroxylation sites is 1. The second-order valence-corrected chi connectivity index (χ2v) is 10.1. The van der Waals surface area contributed by atoms with Gasteiger partial charge in [0.05, 0.1) is 29.9 Å². The van der Waals surface area contributed by atoms with Crippen molar-refractivity contribution in [3.8, 4) is 0 Å². The van der Waals surface area contributed by atoms with Gasteiger partial charge in [0, 0.05) is 31.6 Å². The number of pyridine rings is 1. The van der Waals surface area contributed by atoms with Crippen molar-refractivity contribution in [1.82, 2.24) is 15.2 Å². The van der Waals surface area contributed by atoms with Gasteiger partial charge >= 0.3 is 0 Å². The summed E-state index contributed by atoms with van der Waals surface area (Å²) in [6, 6.07) is 18.3. The minimum Gasteiger partial charge on any atom is -0.340 e. The van der Waals surface area contributed by atoms with Crippen molar-refractivity contribution in [2.75, 3.05) is 31.5 Å². The van der Waals surface area contributed by atoms with E-state index >= 15 is 0 Å². The molecule has 1 aliphatic rings. The van der Waals surface area contributed by atoms with Crippen LogP contribution >= 0.6 is 0 Å². The normalized spacial score (nSPS) is 19.4. The molecule has 2 unspecified atom stereocenters. The highest BCUT2D eigenvalue weighted by molar-refractivity contribution is 6.02. The molecule has 10 nitrogen and oxygen atoms in total. The summed E-state index contributed by atoms with van der Waals surface area (Å²) < 4.78 is 0. The van der Waals surface area contributed by atoms with Crippen molar-refractivity contribution in [1.29, 1.82) is 0 Å². The van der Waals surface area contributed by atoms with E-state index in [0.29, 0.717) is 38.0 Å². The molecule has 39 heavy (non-hydrogen) atoms. The Morgan fingerprint density at radius 3 is 2.44 bits per heavy atom. The highest BCUT2D eigenvalue weighted by Crippen LogP contribution is 2.41. The van der Waals surface area contributed by atoms with Gasteiger partial charge in [-0.15, -0.1) is 0 Å². The minimum atomic E-state index is -1.20. The first-order chi connectivity index (χ1) is 18.8. The van der Waals surface area contributed by atoms with Gasteiger partial charge in [0.15, 0.2) is 0 Å². The predicted molar refractivity (Wildman–Crippen MR) is 152 cm³/mol.